The Morgan fingerprint density at radius 1 is 1.40 bits per heavy atom. The molecule has 1 N–H and O–H groups in total. The molecule has 6 heteroatoms. The van der Waals surface area contributed by atoms with Crippen LogP contribution in [-0.2, 0) is 6.42 Å². The Morgan fingerprint density at radius 2 is 2.15 bits per heavy atom. The maximum atomic E-state index is 10.8. The molecule has 1 aromatic carbocycles. The van der Waals surface area contributed by atoms with Crippen LogP contribution in [-0.4, -0.2) is 20.9 Å². The monoisotopic (exact) mass is 266 g/mol. The SMILES string of the molecule is N#Cc1ccc(-c2nc3c([nH]2)CC([N+](=O)[O-])C=C3)cc1. The minimum atomic E-state index is -0.697. The number of fused-ring (bicyclic) bond motifs is 1. The van der Waals surface area contributed by atoms with E-state index in [-0.39, 0.29) is 4.92 Å². The van der Waals surface area contributed by atoms with Crippen LogP contribution >= 0.6 is 0 Å². The van der Waals surface area contributed by atoms with Crippen molar-refractivity contribution in [2.24, 2.45) is 0 Å². The van der Waals surface area contributed by atoms with Gasteiger partial charge < -0.3 is 4.98 Å². The van der Waals surface area contributed by atoms with Crippen molar-refractivity contribution in [1.29, 1.82) is 5.26 Å². The molecule has 3 rings (SSSR count). The molecule has 1 atom stereocenters. The average Bonchev–Trinajstić information content (AvgIpc) is 2.90. The van der Waals surface area contributed by atoms with Gasteiger partial charge in [-0.1, -0.05) is 0 Å². The zero-order valence-corrected chi connectivity index (χ0v) is 10.4. The van der Waals surface area contributed by atoms with Crippen molar-refractivity contribution in [3.05, 3.63) is 57.4 Å². The highest BCUT2D eigenvalue weighted by molar-refractivity contribution is 5.62. The Balaban J connectivity index is 1.93. The van der Waals surface area contributed by atoms with Crippen molar-refractivity contribution in [3.63, 3.8) is 0 Å². The average molecular weight is 266 g/mol. The molecule has 0 saturated heterocycles. The van der Waals surface area contributed by atoms with E-state index in [9.17, 15) is 10.1 Å². The number of aromatic amines is 1. The number of nitriles is 1. The molecule has 20 heavy (non-hydrogen) atoms. The molecule has 1 aromatic heterocycles. The third-order valence-corrected chi connectivity index (χ3v) is 3.26. The molecule has 1 unspecified atom stereocenters. The molecule has 98 valence electrons. The molecule has 0 radical (unpaired) electrons. The van der Waals surface area contributed by atoms with Crippen molar-refractivity contribution in [2.75, 3.05) is 0 Å². The third kappa shape index (κ3) is 2.06. The first kappa shape index (κ1) is 12.1. The van der Waals surface area contributed by atoms with Crippen molar-refractivity contribution in [3.8, 4) is 17.5 Å². The van der Waals surface area contributed by atoms with Gasteiger partial charge in [0.05, 0.1) is 23.7 Å². The lowest BCUT2D eigenvalue weighted by Crippen LogP contribution is -2.22. The number of nitrogens with one attached hydrogen (secondary N) is 1. The fourth-order valence-electron chi connectivity index (χ4n) is 2.18. The molecule has 1 heterocycles. The normalized spacial score (nSPS) is 16.4. The van der Waals surface area contributed by atoms with Crippen molar-refractivity contribution >= 4 is 6.08 Å². The predicted octanol–water partition coefficient (Wildman–Crippen LogP) is 2.16. The number of nitrogens with zero attached hydrogens (tertiary/aromatic N) is 3. The fourth-order valence-corrected chi connectivity index (χ4v) is 2.18. The lowest BCUT2D eigenvalue weighted by molar-refractivity contribution is -0.508. The Hall–Kier alpha value is -2.94. The Labute approximate surface area is 114 Å². The van der Waals surface area contributed by atoms with E-state index < -0.39 is 6.04 Å². The minimum absolute atomic E-state index is 0.304. The quantitative estimate of drug-likeness (QED) is 0.665. The fraction of sp³-hybridized carbons (Fsp3) is 0.143. The van der Waals surface area contributed by atoms with Gasteiger partial charge in [-0.05, 0) is 36.4 Å². The van der Waals surface area contributed by atoms with Gasteiger partial charge in [-0.15, -0.1) is 0 Å². The number of nitro groups is 1. The van der Waals surface area contributed by atoms with Crippen LogP contribution in [0.4, 0.5) is 0 Å². The van der Waals surface area contributed by atoms with Gasteiger partial charge in [0.2, 0.25) is 6.04 Å². The number of hydrogen-bond acceptors (Lipinski definition) is 4. The van der Waals surface area contributed by atoms with E-state index in [0.717, 1.165) is 17.0 Å². The first-order valence-corrected chi connectivity index (χ1v) is 6.08. The van der Waals surface area contributed by atoms with E-state index in [2.05, 4.69) is 16.0 Å². The molecule has 6 nitrogen and oxygen atoms in total. The van der Waals surface area contributed by atoms with Crippen LogP contribution in [0.3, 0.4) is 0 Å². The zero-order chi connectivity index (χ0) is 14.1. The highest BCUT2D eigenvalue weighted by Gasteiger charge is 2.25. The minimum Gasteiger partial charge on any atom is -0.341 e. The molecular weight excluding hydrogens is 256 g/mol. The number of aromatic nitrogens is 2. The third-order valence-electron chi connectivity index (χ3n) is 3.26. The van der Waals surface area contributed by atoms with E-state index in [1.165, 1.54) is 0 Å². The van der Waals surface area contributed by atoms with Gasteiger partial charge >= 0.3 is 0 Å². The topological polar surface area (TPSA) is 95.6 Å². The van der Waals surface area contributed by atoms with Crippen LogP contribution in [0.15, 0.2) is 30.3 Å². The highest BCUT2D eigenvalue weighted by Crippen LogP contribution is 2.24. The lowest BCUT2D eigenvalue weighted by atomic mass is 10.0. The number of hydrogen-bond donors (Lipinski definition) is 1. The molecule has 0 saturated carbocycles. The molecule has 1 aliphatic rings. The summed E-state index contributed by atoms with van der Waals surface area (Å²) in [6.45, 7) is 0. The predicted molar refractivity (Wildman–Crippen MR) is 72.3 cm³/mol. The first-order chi connectivity index (χ1) is 9.67. The van der Waals surface area contributed by atoms with Crippen LogP contribution in [0.1, 0.15) is 17.0 Å². The van der Waals surface area contributed by atoms with Gasteiger partial charge in [-0.25, -0.2) is 4.98 Å². The standard InChI is InChI=1S/C14H10N4O2/c15-8-9-1-3-10(4-2-9)14-16-12-6-5-11(18(19)20)7-13(12)17-14/h1-6,11H,7H2,(H,16,17). The van der Waals surface area contributed by atoms with Crippen LogP contribution in [0.25, 0.3) is 17.5 Å². The van der Waals surface area contributed by atoms with Crippen LogP contribution in [0.5, 0.6) is 0 Å². The molecular formula is C14H10N4O2. The largest absolute Gasteiger partial charge is 0.341 e. The molecule has 0 amide bonds. The second kappa shape index (κ2) is 4.63. The van der Waals surface area contributed by atoms with E-state index in [0.29, 0.717) is 17.8 Å². The number of H-pyrrole nitrogens is 1. The molecule has 0 fully saturated rings. The summed E-state index contributed by atoms with van der Waals surface area (Å²) < 4.78 is 0. The van der Waals surface area contributed by atoms with Crippen molar-refractivity contribution in [2.45, 2.75) is 12.5 Å². The summed E-state index contributed by atoms with van der Waals surface area (Å²) in [7, 11) is 0. The van der Waals surface area contributed by atoms with Gasteiger partial charge in [-0.2, -0.15) is 5.26 Å². The summed E-state index contributed by atoms with van der Waals surface area (Å²) in [5.74, 6) is 0.660. The Kier molecular flexibility index (Phi) is 2.80. The van der Waals surface area contributed by atoms with E-state index in [4.69, 9.17) is 5.26 Å². The van der Waals surface area contributed by atoms with E-state index in [1.54, 1.807) is 36.4 Å². The summed E-state index contributed by atoms with van der Waals surface area (Å²) in [5.41, 5.74) is 2.94. The highest BCUT2D eigenvalue weighted by atomic mass is 16.6. The first-order valence-electron chi connectivity index (χ1n) is 6.08. The number of benzene rings is 1. The van der Waals surface area contributed by atoms with Gasteiger partial charge in [0.15, 0.2) is 0 Å². The van der Waals surface area contributed by atoms with Crippen LogP contribution in [0.2, 0.25) is 0 Å². The molecule has 0 bridgehead atoms. The maximum Gasteiger partial charge on any atom is 0.237 e. The molecule has 0 spiro atoms. The van der Waals surface area contributed by atoms with Gasteiger partial charge in [0.1, 0.15) is 5.82 Å². The van der Waals surface area contributed by atoms with Gasteiger partial charge in [0.25, 0.3) is 0 Å². The second-order valence-electron chi connectivity index (χ2n) is 4.55. The van der Waals surface area contributed by atoms with Crippen molar-refractivity contribution < 1.29 is 4.92 Å². The molecule has 0 aliphatic heterocycles. The Bertz CT molecular complexity index is 738. The van der Waals surface area contributed by atoms with E-state index in [1.807, 2.05) is 0 Å². The van der Waals surface area contributed by atoms with E-state index >= 15 is 0 Å². The molecule has 2 aromatic rings. The van der Waals surface area contributed by atoms with Crippen LogP contribution in [0, 0.1) is 21.4 Å². The summed E-state index contributed by atoms with van der Waals surface area (Å²) >= 11 is 0. The van der Waals surface area contributed by atoms with Crippen molar-refractivity contribution in [1.82, 2.24) is 9.97 Å². The van der Waals surface area contributed by atoms with Crippen LogP contribution < -0.4 is 0 Å². The summed E-state index contributed by atoms with van der Waals surface area (Å²) in [4.78, 5) is 18.0. The number of imidazole rings is 1. The smallest absolute Gasteiger partial charge is 0.237 e. The summed E-state index contributed by atoms with van der Waals surface area (Å²) in [6.07, 6.45) is 3.56. The maximum absolute atomic E-state index is 10.8. The molecule has 1 aliphatic carbocycles. The zero-order valence-electron chi connectivity index (χ0n) is 10.4. The number of rotatable bonds is 2. The second-order valence-corrected chi connectivity index (χ2v) is 4.55. The summed E-state index contributed by atoms with van der Waals surface area (Å²) in [5, 5.41) is 19.6. The van der Waals surface area contributed by atoms with Gasteiger partial charge in [-0.3, -0.25) is 10.1 Å². The lowest BCUT2D eigenvalue weighted by Gasteiger charge is -2.07. The summed E-state index contributed by atoms with van der Waals surface area (Å²) in [6, 6.07) is 8.39. The van der Waals surface area contributed by atoms with Gasteiger partial charge in [0, 0.05) is 16.2 Å². The Morgan fingerprint density at radius 3 is 2.80 bits per heavy atom.